The van der Waals surface area contributed by atoms with Gasteiger partial charge in [0.25, 0.3) is 0 Å². The molecule has 1 aromatic carbocycles. The lowest BCUT2D eigenvalue weighted by Crippen LogP contribution is -2.70. The van der Waals surface area contributed by atoms with Crippen molar-refractivity contribution in [3.05, 3.63) is 59.2 Å². The second kappa shape index (κ2) is 7.77. The van der Waals surface area contributed by atoms with Crippen LogP contribution in [0.15, 0.2) is 42.0 Å². The lowest BCUT2D eigenvalue weighted by molar-refractivity contribution is -0.232. The molecule has 0 spiro atoms. The van der Waals surface area contributed by atoms with Crippen LogP contribution in [0, 0.1) is 34.3 Å². The van der Waals surface area contributed by atoms with Crippen molar-refractivity contribution in [1.82, 2.24) is 0 Å². The van der Waals surface area contributed by atoms with Gasteiger partial charge in [0.05, 0.1) is 12.2 Å². The van der Waals surface area contributed by atoms with Crippen LogP contribution in [0.5, 0.6) is 0 Å². The Morgan fingerprint density at radius 2 is 1.92 bits per heavy atom. The molecular formula is C27H26F4O5S. The molecule has 5 aliphatic rings. The van der Waals surface area contributed by atoms with Gasteiger partial charge in [-0.15, -0.1) is 12.6 Å². The Bertz CT molecular complexity index is 1290. The fourth-order valence-electron chi connectivity index (χ4n) is 8.15. The molecule has 37 heavy (non-hydrogen) atoms. The van der Waals surface area contributed by atoms with Crippen LogP contribution in [0.3, 0.4) is 0 Å². The maximum atomic E-state index is 17.3. The Labute approximate surface area is 216 Å². The van der Waals surface area contributed by atoms with Crippen molar-refractivity contribution in [2.45, 2.75) is 69.0 Å². The highest BCUT2D eigenvalue weighted by Gasteiger charge is 2.80. The lowest BCUT2D eigenvalue weighted by Gasteiger charge is -2.63. The number of halogens is 4. The largest absolute Gasteiger partial charge is 0.390 e. The van der Waals surface area contributed by atoms with Gasteiger partial charge in [-0.3, -0.25) is 9.59 Å². The lowest BCUT2D eigenvalue weighted by atomic mass is 9.44. The average molecular weight is 539 g/mol. The van der Waals surface area contributed by atoms with Crippen LogP contribution < -0.4 is 0 Å². The molecule has 10 atom stereocenters. The van der Waals surface area contributed by atoms with E-state index in [4.69, 9.17) is 9.47 Å². The minimum atomic E-state index is -2.33. The first-order chi connectivity index (χ1) is 17.3. The molecule has 1 heterocycles. The summed E-state index contributed by atoms with van der Waals surface area (Å²) in [5.41, 5.74) is -7.03. The van der Waals surface area contributed by atoms with Crippen molar-refractivity contribution in [2.24, 2.45) is 22.7 Å². The van der Waals surface area contributed by atoms with Gasteiger partial charge in [-0.2, -0.15) is 0 Å². The van der Waals surface area contributed by atoms with Crippen molar-refractivity contribution in [1.29, 1.82) is 0 Å². The maximum absolute atomic E-state index is 17.3. The average Bonchev–Trinajstić information content (AvgIpc) is 3.31. The third-order valence-electron chi connectivity index (χ3n) is 9.90. The predicted octanol–water partition coefficient (Wildman–Crippen LogP) is 4.50. The van der Waals surface area contributed by atoms with E-state index < -0.39 is 81.1 Å². The van der Waals surface area contributed by atoms with Gasteiger partial charge in [0.15, 0.2) is 23.3 Å². The summed E-state index contributed by atoms with van der Waals surface area (Å²) in [4.78, 5) is 25.1. The van der Waals surface area contributed by atoms with Crippen molar-refractivity contribution in [2.75, 3.05) is 0 Å². The van der Waals surface area contributed by atoms with E-state index in [0.717, 1.165) is 18.2 Å². The maximum Gasteiger partial charge on any atom is 0.221 e. The first kappa shape index (κ1) is 25.3. The summed E-state index contributed by atoms with van der Waals surface area (Å²) in [5, 5.41) is 10.7. The second-order valence-corrected chi connectivity index (χ2v) is 11.8. The smallest absolute Gasteiger partial charge is 0.221 e. The standard InChI is InChI=1S/C27H26F4O5S/c1-24-6-5-13(32)8-17(24)19(30)9-16-15-10-21-27(23(34)37,25(15,2)11-20(33)26(16,24)31)36-22(35-21)14-4-3-12(28)7-18(14)29/h3-8,15-16,19-22,33H,9-11H2,1-2H3,(H,34,37)/t15-,16-,19-,20-,21+,22?,24-,25-,26-,27-/m0/s1. The molecular weight excluding hydrogens is 512 g/mol. The Balaban J connectivity index is 1.44. The minimum Gasteiger partial charge on any atom is -0.390 e. The molecule has 4 fully saturated rings. The fraction of sp³-hybridized carbons (Fsp3) is 0.556. The molecule has 1 N–H and O–H groups in total. The normalized spacial score (nSPS) is 48.1. The van der Waals surface area contributed by atoms with E-state index in [0.29, 0.717) is 6.07 Å². The van der Waals surface area contributed by atoms with Gasteiger partial charge in [-0.05, 0) is 62.0 Å². The first-order valence-corrected chi connectivity index (χ1v) is 12.7. The number of alkyl halides is 2. The number of allylic oxidation sites excluding steroid dienone is 4. The summed E-state index contributed by atoms with van der Waals surface area (Å²) in [6.45, 7) is 3.16. The summed E-state index contributed by atoms with van der Waals surface area (Å²) in [6.07, 6.45) is -2.43. The van der Waals surface area contributed by atoms with E-state index in [1.807, 2.05) is 0 Å². The zero-order valence-corrected chi connectivity index (χ0v) is 21.0. The van der Waals surface area contributed by atoms with Gasteiger partial charge in [-0.1, -0.05) is 13.0 Å². The number of thiol groups is 1. The van der Waals surface area contributed by atoms with Gasteiger partial charge in [0.1, 0.15) is 17.8 Å². The number of hydrogen-bond acceptors (Lipinski definition) is 5. The molecule has 0 amide bonds. The molecule has 5 nitrogen and oxygen atoms in total. The third-order valence-corrected chi connectivity index (χ3v) is 10.2. The number of fused-ring (bicyclic) bond motifs is 7. The topological polar surface area (TPSA) is 72.8 Å². The number of hydrogen-bond donors (Lipinski definition) is 2. The fourth-order valence-corrected chi connectivity index (χ4v) is 8.60. The van der Waals surface area contributed by atoms with Crippen molar-refractivity contribution in [3.8, 4) is 0 Å². The number of benzene rings is 1. The number of carbonyl (C=O) groups excluding carboxylic acids is 2. The van der Waals surface area contributed by atoms with Crippen LogP contribution in [0.4, 0.5) is 17.6 Å². The summed E-state index contributed by atoms with van der Waals surface area (Å²) >= 11 is 4.11. The second-order valence-electron chi connectivity index (χ2n) is 11.4. The van der Waals surface area contributed by atoms with Crippen LogP contribution in [-0.2, 0) is 19.1 Å². The van der Waals surface area contributed by atoms with Crippen LogP contribution in [0.25, 0.3) is 0 Å². The van der Waals surface area contributed by atoms with Gasteiger partial charge in [-0.25, -0.2) is 17.6 Å². The zero-order valence-electron chi connectivity index (χ0n) is 20.1. The van der Waals surface area contributed by atoms with Crippen molar-refractivity contribution in [3.63, 3.8) is 0 Å². The van der Waals surface area contributed by atoms with Gasteiger partial charge in [0, 0.05) is 28.4 Å². The molecule has 6 rings (SSSR count). The van der Waals surface area contributed by atoms with Gasteiger partial charge >= 0.3 is 0 Å². The Morgan fingerprint density at radius 3 is 2.59 bits per heavy atom. The predicted molar refractivity (Wildman–Crippen MR) is 126 cm³/mol. The number of ketones is 1. The van der Waals surface area contributed by atoms with E-state index >= 15 is 8.78 Å². The molecule has 0 radical (unpaired) electrons. The minimum absolute atomic E-state index is 0.000992. The number of aliphatic hydroxyl groups is 1. The molecule has 1 aromatic rings. The SMILES string of the molecule is C[C@]12C=CC(=O)C=C1[C@@H](F)C[C@H]1[C@@H]3C[C@H]4OC(c5ccc(F)cc5F)O[C@@]4(C(=O)S)[C@@]3(C)C[C@H](O)[C@@]12F. The molecule has 0 aromatic heterocycles. The molecule has 1 saturated heterocycles. The molecule has 10 heteroatoms. The Kier molecular flexibility index (Phi) is 5.31. The Hall–Kier alpha value is -2.01. The number of aliphatic hydroxyl groups excluding tert-OH is 1. The first-order valence-electron chi connectivity index (χ1n) is 12.3. The molecule has 3 saturated carbocycles. The van der Waals surface area contributed by atoms with E-state index in [1.165, 1.54) is 19.1 Å². The van der Waals surface area contributed by atoms with E-state index in [2.05, 4.69) is 12.6 Å². The van der Waals surface area contributed by atoms with Crippen molar-refractivity contribution >= 4 is 23.5 Å². The summed E-state index contributed by atoms with van der Waals surface area (Å²) in [7, 11) is 0. The number of rotatable bonds is 2. The number of ether oxygens (including phenoxy) is 2. The highest BCUT2D eigenvalue weighted by Crippen LogP contribution is 2.72. The van der Waals surface area contributed by atoms with Crippen LogP contribution in [-0.4, -0.2) is 45.7 Å². The highest BCUT2D eigenvalue weighted by molar-refractivity contribution is 7.96. The monoisotopic (exact) mass is 538 g/mol. The van der Waals surface area contributed by atoms with E-state index in [-0.39, 0.29) is 30.4 Å². The number of carbonyl (C=O) groups is 2. The molecule has 1 unspecified atom stereocenters. The van der Waals surface area contributed by atoms with Crippen molar-refractivity contribution < 1.29 is 41.7 Å². The summed E-state index contributed by atoms with van der Waals surface area (Å²) in [5.74, 6) is -3.86. The zero-order chi connectivity index (χ0) is 26.7. The van der Waals surface area contributed by atoms with Crippen LogP contribution in [0.2, 0.25) is 0 Å². The summed E-state index contributed by atoms with van der Waals surface area (Å²) < 4.78 is 73.1. The van der Waals surface area contributed by atoms with E-state index in [9.17, 15) is 23.5 Å². The molecule has 198 valence electrons. The van der Waals surface area contributed by atoms with Crippen LogP contribution in [0.1, 0.15) is 45.0 Å². The van der Waals surface area contributed by atoms with Crippen LogP contribution >= 0.6 is 12.6 Å². The molecule has 0 bridgehead atoms. The quantitative estimate of drug-likeness (QED) is 0.429. The summed E-state index contributed by atoms with van der Waals surface area (Å²) in [6, 6.07) is 2.88. The highest BCUT2D eigenvalue weighted by atomic mass is 32.1. The molecule has 1 aliphatic heterocycles. The van der Waals surface area contributed by atoms with Gasteiger partial charge in [0.2, 0.25) is 5.12 Å². The van der Waals surface area contributed by atoms with E-state index in [1.54, 1.807) is 6.92 Å². The van der Waals surface area contributed by atoms with Gasteiger partial charge < -0.3 is 14.6 Å². The Morgan fingerprint density at radius 1 is 1.19 bits per heavy atom. The third kappa shape index (κ3) is 2.93. The molecule has 4 aliphatic carbocycles.